The number of halogens is 2. The third-order valence-corrected chi connectivity index (χ3v) is 13.4. The number of hydrogen-bond acceptors (Lipinski definition) is 8. The Morgan fingerprint density at radius 1 is 1.00 bits per heavy atom. The van der Waals surface area contributed by atoms with Crippen LogP contribution < -0.4 is 4.90 Å². The number of ether oxygens (including phenoxy) is 1. The Kier molecular flexibility index (Phi) is 11.2. The maximum atomic E-state index is 15.2. The van der Waals surface area contributed by atoms with Crippen molar-refractivity contribution in [2.45, 2.75) is 82.0 Å². The molecule has 8 nitrogen and oxygen atoms in total. The molecule has 4 saturated heterocycles. The largest absolute Gasteiger partial charge is 0.469 e. The third-order valence-electron chi connectivity index (χ3n) is 13.4. The Hall–Kier alpha value is -3.10. The van der Waals surface area contributed by atoms with Crippen molar-refractivity contribution in [1.29, 1.82) is 5.26 Å². The monoisotopic (exact) mass is 717 g/mol. The fraction of sp³-hybridized carbons (Fsp3) is 0.667. The molecular weight excluding hydrogens is 660 g/mol. The van der Waals surface area contributed by atoms with Gasteiger partial charge in [-0.2, -0.15) is 5.26 Å². The lowest BCUT2D eigenvalue weighted by Crippen LogP contribution is -2.57. The summed E-state index contributed by atoms with van der Waals surface area (Å²) in [5.74, 6) is 0.964. The van der Waals surface area contributed by atoms with E-state index in [1.165, 1.54) is 7.11 Å². The number of nitrogens with zero attached hydrogens (tertiary/aromatic N) is 5. The van der Waals surface area contributed by atoms with Crippen LogP contribution in [0.25, 0.3) is 0 Å². The highest BCUT2D eigenvalue weighted by molar-refractivity contribution is 5.69. The second-order valence-corrected chi connectivity index (χ2v) is 17.0. The van der Waals surface area contributed by atoms with Crippen LogP contribution in [0.15, 0.2) is 42.5 Å². The van der Waals surface area contributed by atoms with Gasteiger partial charge in [-0.3, -0.25) is 9.69 Å². The first-order chi connectivity index (χ1) is 25.0. The zero-order chi connectivity index (χ0) is 36.5. The van der Waals surface area contributed by atoms with Gasteiger partial charge in [0.25, 0.3) is 0 Å². The topological polar surface area (TPSA) is 83.3 Å². The van der Waals surface area contributed by atoms with Crippen molar-refractivity contribution in [3.63, 3.8) is 0 Å². The van der Waals surface area contributed by atoms with E-state index in [0.29, 0.717) is 43.5 Å². The highest BCUT2D eigenvalue weighted by Crippen LogP contribution is 2.54. The maximum Gasteiger partial charge on any atom is 0.305 e. The van der Waals surface area contributed by atoms with Gasteiger partial charge in [0.05, 0.1) is 24.3 Å². The number of carbonyl (C=O) groups excluding carboxylic acids is 1. The molecule has 52 heavy (non-hydrogen) atoms. The number of anilines is 1. The van der Waals surface area contributed by atoms with E-state index in [-0.39, 0.29) is 29.0 Å². The van der Waals surface area contributed by atoms with Crippen molar-refractivity contribution in [3.8, 4) is 6.07 Å². The predicted octanol–water partition coefficient (Wildman–Crippen LogP) is 5.76. The lowest BCUT2D eigenvalue weighted by atomic mass is 9.56. The maximum absolute atomic E-state index is 15.2. The third kappa shape index (κ3) is 8.03. The average molecular weight is 718 g/mol. The fourth-order valence-electron chi connectivity index (χ4n) is 10.5. The van der Waals surface area contributed by atoms with Crippen LogP contribution in [0.5, 0.6) is 0 Å². The molecule has 1 N–H and O–H groups in total. The first kappa shape index (κ1) is 37.2. The lowest BCUT2D eigenvalue weighted by molar-refractivity contribution is -0.142. The van der Waals surface area contributed by atoms with Crippen LogP contribution in [0.3, 0.4) is 0 Å². The molecule has 10 heteroatoms. The summed E-state index contributed by atoms with van der Waals surface area (Å²) >= 11 is 0. The zero-order valence-corrected chi connectivity index (χ0v) is 31.1. The Balaban J connectivity index is 1.05. The van der Waals surface area contributed by atoms with Gasteiger partial charge >= 0.3 is 5.97 Å². The molecule has 0 amide bonds. The van der Waals surface area contributed by atoms with E-state index in [4.69, 9.17) is 4.74 Å². The molecule has 0 unspecified atom stereocenters. The SMILES string of the molecule is COC(=O)C[C@H]1CCC[C@@H]1[C@](CN1CCC(C)(O)CC1)(c1cccc(F)c1)C1CCN(CC2CN(c3ccc(C#N)c(CN4CC(F)C4)c3)C2)CC1. The number of benzene rings is 2. The molecule has 7 rings (SSSR count). The number of rotatable bonds is 12. The molecule has 4 aliphatic heterocycles. The minimum Gasteiger partial charge on any atom is -0.469 e. The van der Waals surface area contributed by atoms with Gasteiger partial charge in [0.1, 0.15) is 12.0 Å². The summed E-state index contributed by atoms with van der Waals surface area (Å²) in [6.07, 6.45) is 6.21. The predicted molar refractivity (Wildman–Crippen MR) is 198 cm³/mol. The summed E-state index contributed by atoms with van der Waals surface area (Å²) in [6, 6.07) is 15.7. The van der Waals surface area contributed by atoms with E-state index in [2.05, 4.69) is 37.8 Å². The Morgan fingerprint density at radius 2 is 1.75 bits per heavy atom. The number of likely N-dealkylation sites (tertiary alicyclic amines) is 3. The number of alkyl halides is 1. The van der Waals surface area contributed by atoms with Gasteiger partial charge in [0, 0.05) is 82.3 Å². The Labute approximate surface area is 308 Å². The molecule has 2 aromatic rings. The summed E-state index contributed by atoms with van der Waals surface area (Å²) < 4.78 is 33.8. The van der Waals surface area contributed by atoms with E-state index in [1.807, 2.05) is 25.1 Å². The standard InChI is InChI=1S/C42H57F2N5O3/c1-41(51)13-17-47(18-14-41)29-42(35-6-4-7-36(43)21-35,39-8-3-5-31(39)20-40(50)52-2)34-11-15-46(16-12-34)23-30-24-49(25-30)38-10-9-32(22-45)33(19-38)26-48-27-37(44)28-48/h4,6-7,9-10,19,21,30-31,34,37,39,51H,3,5,8,11-18,20,23-29H2,1-2H3/t31-,39+,42+/m1/s1. The number of piperidine rings is 2. The van der Waals surface area contributed by atoms with Crippen LogP contribution >= 0.6 is 0 Å². The van der Waals surface area contributed by atoms with E-state index in [9.17, 15) is 19.6 Å². The van der Waals surface area contributed by atoms with Gasteiger partial charge in [0.15, 0.2) is 0 Å². The van der Waals surface area contributed by atoms with Gasteiger partial charge in [0.2, 0.25) is 0 Å². The fourth-order valence-corrected chi connectivity index (χ4v) is 10.5. The number of hydrogen-bond donors (Lipinski definition) is 1. The molecule has 1 aliphatic carbocycles. The van der Waals surface area contributed by atoms with Gasteiger partial charge in [-0.25, -0.2) is 8.78 Å². The summed E-state index contributed by atoms with van der Waals surface area (Å²) in [5, 5.41) is 20.5. The van der Waals surface area contributed by atoms with Crippen molar-refractivity contribution >= 4 is 11.7 Å². The van der Waals surface area contributed by atoms with E-state index >= 15 is 4.39 Å². The Bertz CT molecular complexity index is 1590. The number of esters is 1. The lowest BCUT2D eigenvalue weighted by Gasteiger charge is -2.54. The molecular formula is C42H57F2N5O3. The number of aliphatic hydroxyl groups is 1. The van der Waals surface area contributed by atoms with Crippen LogP contribution in [0.1, 0.15) is 75.0 Å². The van der Waals surface area contributed by atoms with Gasteiger partial charge < -0.3 is 24.5 Å². The summed E-state index contributed by atoms with van der Waals surface area (Å²) in [6.45, 7) is 10.9. The van der Waals surface area contributed by atoms with Crippen LogP contribution in [0, 0.1) is 40.8 Å². The van der Waals surface area contributed by atoms with Crippen molar-refractivity contribution < 1.29 is 23.4 Å². The van der Waals surface area contributed by atoms with Crippen molar-refractivity contribution in [2.75, 3.05) is 77.5 Å². The van der Waals surface area contributed by atoms with E-state index < -0.39 is 11.8 Å². The highest BCUT2D eigenvalue weighted by atomic mass is 19.1. The van der Waals surface area contributed by atoms with Crippen molar-refractivity contribution in [2.24, 2.45) is 23.7 Å². The summed E-state index contributed by atoms with van der Waals surface area (Å²) in [7, 11) is 1.47. The van der Waals surface area contributed by atoms with Crippen LogP contribution in [-0.2, 0) is 21.5 Å². The van der Waals surface area contributed by atoms with Crippen molar-refractivity contribution in [1.82, 2.24) is 14.7 Å². The number of carbonyl (C=O) groups is 1. The minimum absolute atomic E-state index is 0.160. The molecule has 0 aromatic heterocycles. The molecule has 1 saturated carbocycles. The normalized spacial score (nSPS) is 26.3. The van der Waals surface area contributed by atoms with Gasteiger partial charge in [-0.1, -0.05) is 18.6 Å². The van der Waals surface area contributed by atoms with Crippen molar-refractivity contribution in [3.05, 3.63) is 65.0 Å². The minimum atomic E-state index is -0.757. The first-order valence-corrected chi connectivity index (χ1v) is 19.7. The quantitative estimate of drug-likeness (QED) is 0.278. The number of nitriles is 1. The second kappa shape index (κ2) is 15.7. The van der Waals surface area contributed by atoms with Crippen LogP contribution in [0.2, 0.25) is 0 Å². The van der Waals surface area contributed by atoms with Crippen LogP contribution in [0.4, 0.5) is 14.5 Å². The molecule has 0 spiro atoms. The highest BCUT2D eigenvalue weighted by Gasteiger charge is 2.53. The molecule has 0 radical (unpaired) electrons. The molecule has 5 aliphatic rings. The zero-order valence-electron chi connectivity index (χ0n) is 31.1. The summed E-state index contributed by atoms with van der Waals surface area (Å²) in [4.78, 5) is 22.3. The summed E-state index contributed by atoms with van der Waals surface area (Å²) in [5.41, 5.74) is 2.89. The smallest absolute Gasteiger partial charge is 0.305 e. The average Bonchev–Trinajstić information content (AvgIpc) is 3.57. The van der Waals surface area contributed by atoms with Gasteiger partial charge in [-0.15, -0.1) is 0 Å². The first-order valence-electron chi connectivity index (χ1n) is 19.7. The molecule has 282 valence electrons. The molecule has 0 bridgehead atoms. The number of methoxy groups -OCH3 is 1. The van der Waals surface area contributed by atoms with E-state index in [1.54, 1.807) is 12.1 Å². The Morgan fingerprint density at radius 3 is 2.42 bits per heavy atom. The van der Waals surface area contributed by atoms with E-state index in [0.717, 1.165) is 114 Å². The molecule has 3 atom stereocenters. The molecule has 4 heterocycles. The molecule has 5 fully saturated rings. The van der Waals surface area contributed by atoms with Gasteiger partial charge in [-0.05, 0) is 118 Å². The molecule has 2 aromatic carbocycles. The van der Waals surface area contributed by atoms with Crippen LogP contribution in [-0.4, -0.2) is 110 Å². The second-order valence-electron chi connectivity index (χ2n) is 17.0.